The molecule has 0 fully saturated rings. The Morgan fingerprint density at radius 1 is 1.32 bits per heavy atom. The molecule has 0 aliphatic rings. The largest absolute Gasteiger partial charge is 0.484 e. The van der Waals surface area contributed by atoms with E-state index in [2.05, 4.69) is 19.2 Å². The molecule has 1 atom stereocenters. The molecule has 1 N–H and O–H groups in total. The average molecular weight is 308 g/mol. The van der Waals surface area contributed by atoms with Crippen LogP contribution in [0.5, 0.6) is 5.75 Å². The maximum Gasteiger partial charge on any atom is 0.269 e. The van der Waals surface area contributed by atoms with E-state index in [-0.39, 0.29) is 18.2 Å². The first kappa shape index (κ1) is 17.9. The summed E-state index contributed by atoms with van der Waals surface area (Å²) in [5.74, 6) is 0.773. The van der Waals surface area contributed by atoms with Crippen molar-refractivity contribution in [1.82, 2.24) is 5.32 Å². The summed E-state index contributed by atoms with van der Waals surface area (Å²) in [7, 11) is 0. The van der Waals surface area contributed by atoms with Crippen LogP contribution in [-0.2, 0) is 4.79 Å². The van der Waals surface area contributed by atoms with Crippen molar-refractivity contribution in [3.8, 4) is 5.75 Å². The van der Waals surface area contributed by atoms with Crippen LogP contribution >= 0.6 is 0 Å². The van der Waals surface area contributed by atoms with Crippen LogP contribution in [0.25, 0.3) is 0 Å². The normalized spacial score (nSPS) is 11.7. The molecule has 0 saturated heterocycles. The number of unbranched alkanes of at least 4 members (excludes halogenated alkanes) is 1. The van der Waals surface area contributed by atoms with E-state index in [0.29, 0.717) is 18.2 Å². The molecule has 0 aliphatic heterocycles. The summed E-state index contributed by atoms with van der Waals surface area (Å²) in [5.41, 5.74) is -0.00138. The third-order valence-corrected chi connectivity index (χ3v) is 3.55. The predicted molar refractivity (Wildman–Crippen MR) is 84.9 cm³/mol. The lowest BCUT2D eigenvalue weighted by atomic mass is 9.99. The number of carbonyl (C=O) groups is 1. The van der Waals surface area contributed by atoms with Crippen molar-refractivity contribution < 1.29 is 14.5 Å². The van der Waals surface area contributed by atoms with E-state index in [0.717, 1.165) is 19.3 Å². The quantitative estimate of drug-likeness (QED) is 0.531. The van der Waals surface area contributed by atoms with Crippen molar-refractivity contribution in [2.45, 2.75) is 39.5 Å². The standard InChI is InChI=1S/C16H24N2O4/c1-3-5-6-13(4-2)11-17-16(19)12-22-15-9-7-14(8-10-15)18(20)21/h7-10,13H,3-6,11-12H2,1-2H3,(H,17,19). The Hall–Kier alpha value is -2.11. The van der Waals surface area contributed by atoms with Crippen LogP contribution in [0.1, 0.15) is 39.5 Å². The van der Waals surface area contributed by atoms with Gasteiger partial charge >= 0.3 is 0 Å². The lowest BCUT2D eigenvalue weighted by molar-refractivity contribution is -0.384. The number of rotatable bonds is 10. The summed E-state index contributed by atoms with van der Waals surface area (Å²) in [6, 6.07) is 5.68. The molecule has 1 aromatic rings. The van der Waals surface area contributed by atoms with Gasteiger partial charge in [-0.15, -0.1) is 0 Å². The van der Waals surface area contributed by atoms with Crippen LogP contribution in [0, 0.1) is 16.0 Å². The van der Waals surface area contributed by atoms with Crippen LogP contribution < -0.4 is 10.1 Å². The van der Waals surface area contributed by atoms with Gasteiger partial charge in [0.15, 0.2) is 6.61 Å². The fraction of sp³-hybridized carbons (Fsp3) is 0.562. The van der Waals surface area contributed by atoms with E-state index >= 15 is 0 Å². The molecule has 1 rings (SSSR count). The smallest absolute Gasteiger partial charge is 0.269 e. The lowest BCUT2D eigenvalue weighted by Gasteiger charge is -2.15. The number of carbonyl (C=O) groups excluding carboxylic acids is 1. The lowest BCUT2D eigenvalue weighted by Crippen LogP contribution is -2.33. The zero-order chi connectivity index (χ0) is 16.4. The fourth-order valence-corrected chi connectivity index (χ4v) is 2.07. The molecule has 1 aromatic carbocycles. The van der Waals surface area contributed by atoms with Gasteiger partial charge in [-0.3, -0.25) is 14.9 Å². The van der Waals surface area contributed by atoms with Crippen LogP contribution in [0.3, 0.4) is 0 Å². The topological polar surface area (TPSA) is 81.5 Å². The molecule has 0 radical (unpaired) electrons. The molecule has 6 nitrogen and oxygen atoms in total. The molecular formula is C16H24N2O4. The Morgan fingerprint density at radius 3 is 2.55 bits per heavy atom. The second kappa shape index (κ2) is 9.76. The number of hydrogen-bond acceptors (Lipinski definition) is 4. The summed E-state index contributed by atoms with van der Waals surface area (Å²) in [5, 5.41) is 13.4. The molecule has 0 heterocycles. The van der Waals surface area contributed by atoms with E-state index in [1.165, 1.54) is 30.7 Å². The molecule has 0 aliphatic carbocycles. The number of amides is 1. The average Bonchev–Trinajstić information content (AvgIpc) is 2.53. The zero-order valence-electron chi connectivity index (χ0n) is 13.2. The first-order valence-corrected chi connectivity index (χ1v) is 7.70. The zero-order valence-corrected chi connectivity index (χ0v) is 13.2. The SMILES string of the molecule is CCCCC(CC)CNC(=O)COc1ccc([N+](=O)[O-])cc1. The van der Waals surface area contributed by atoms with Crippen molar-refractivity contribution in [3.63, 3.8) is 0 Å². The van der Waals surface area contributed by atoms with E-state index < -0.39 is 4.92 Å². The Bertz CT molecular complexity index is 474. The first-order valence-electron chi connectivity index (χ1n) is 7.70. The van der Waals surface area contributed by atoms with Gasteiger partial charge in [-0.05, 0) is 24.5 Å². The number of nitrogens with one attached hydrogen (secondary N) is 1. The minimum Gasteiger partial charge on any atom is -0.484 e. The maximum absolute atomic E-state index is 11.7. The molecule has 0 spiro atoms. The predicted octanol–water partition coefficient (Wildman–Crippen LogP) is 3.31. The molecular weight excluding hydrogens is 284 g/mol. The van der Waals surface area contributed by atoms with Gasteiger partial charge in [0.2, 0.25) is 0 Å². The first-order chi connectivity index (χ1) is 10.6. The summed E-state index contributed by atoms with van der Waals surface area (Å²) in [6.07, 6.45) is 4.50. The third-order valence-electron chi connectivity index (χ3n) is 3.55. The number of non-ortho nitro benzene ring substituents is 1. The van der Waals surface area contributed by atoms with Gasteiger partial charge in [-0.25, -0.2) is 0 Å². The highest BCUT2D eigenvalue weighted by Gasteiger charge is 2.09. The van der Waals surface area contributed by atoms with Crippen molar-refractivity contribution in [3.05, 3.63) is 34.4 Å². The summed E-state index contributed by atoms with van der Waals surface area (Å²) < 4.78 is 5.31. The summed E-state index contributed by atoms with van der Waals surface area (Å²) in [4.78, 5) is 21.8. The van der Waals surface area contributed by atoms with Gasteiger partial charge < -0.3 is 10.1 Å². The molecule has 6 heteroatoms. The molecule has 0 aromatic heterocycles. The maximum atomic E-state index is 11.7. The number of nitro benzene ring substituents is 1. The Morgan fingerprint density at radius 2 is 2.00 bits per heavy atom. The Kier molecular flexibility index (Phi) is 7.96. The number of ether oxygens (including phenoxy) is 1. The molecule has 1 unspecified atom stereocenters. The van der Waals surface area contributed by atoms with Gasteiger partial charge in [0.1, 0.15) is 5.75 Å². The highest BCUT2D eigenvalue weighted by molar-refractivity contribution is 5.77. The van der Waals surface area contributed by atoms with Gasteiger partial charge in [0.25, 0.3) is 11.6 Å². The molecule has 22 heavy (non-hydrogen) atoms. The monoisotopic (exact) mass is 308 g/mol. The number of hydrogen-bond donors (Lipinski definition) is 1. The number of nitro groups is 1. The molecule has 0 bridgehead atoms. The minimum absolute atomic E-state index is 0.00138. The Balaban J connectivity index is 2.31. The van der Waals surface area contributed by atoms with E-state index in [9.17, 15) is 14.9 Å². The second-order valence-corrected chi connectivity index (χ2v) is 5.26. The minimum atomic E-state index is -0.475. The van der Waals surface area contributed by atoms with Crippen LogP contribution in [0.15, 0.2) is 24.3 Å². The van der Waals surface area contributed by atoms with E-state index in [1.54, 1.807) is 0 Å². The highest BCUT2D eigenvalue weighted by Crippen LogP contribution is 2.17. The van der Waals surface area contributed by atoms with Crippen LogP contribution in [0.4, 0.5) is 5.69 Å². The Labute approximate surface area is 131 Å². The van der Waals surface area contributed by atoms with Gasteiger partial charge in [0.05, 0.1) is 4.92 Å². The van der Waals surface area contributed by atoms with Crippen molar-refractivity contribution in [1.29, 1.82) is 0 Å². The van der Waals surface area contributed by atoms with E-state index in [1.807, 2.05) is 0 Å². The van der Waals surface area contributed by atoms with Gasteiger partial charge in [-0.2, -0.15) is 0 Å². The third kappa shape index (κ3) is 6.56. The molecule has 1 amide bonds. The number of benzene rings is 1. The van der Waals surface area contributed by atoms with Gasteiger partial charge in [0, 0.05) is 18.7 Å². The van der Waals surface area contributed by atoms with Crippen LogP contribution in [0.2, 0.25) is 0 Å². The van der Waals surface area contributed by atoms with Gasteiger partial charge in [-0.1, -0.05) is 33.1 Å². The molecule has 122 valence electrons. The van der Waals surface area contributed by atoms with E-state index in [4.69, 9.17) is 4.74 Å². The van der Waals surface area contributed by atoms with Crippen molar-refractivity contribution in [2.24, 2.45) is 5.92 Å². The highest BCUT2D eigenvalue weighted by atomic mass is 16.6. The summed E-state index contributed by atoms with van der Waals surface area (Å²) >= 11 is 0. The van der Waals surface area contributed by atoms with Crippen molar-refractivity contribution >= 4 is 11.6 Å². The van der Waals surface area contributed by atoms with Crippen molar-refractivity contribution in [2.75, 3.05) is 13.2 Å². The molecule has 0 saturated carbocycles. The second-order valence-electron chi connectivity index (χ2n) is 5.26. The van der Waals surface area contributed by atoms with Crippen LogP contribution in [-0.4, -0.2) is 24.0 Å². The summed E-state index contributed by atoms with van der Waals surface area (Å²) in [6.45, 7) is 4.87. The fourth-order valence-electron chi connectivity index (χ4n) is 2.07. The number of nitrogens with zero attached hydrogens (tertiary/aromatic N) is 1.